The first-order chi connectivity index (χ1) is 21.3. The standard InChI is InChI=1S/C41H28N2/c1-3-13-27(14-4-1)30-25-36(29-16-5-2-6-17-29)42-38(26-30)43-37-22-12-11-21-35(37)40-39-31-18-8-7-15-28(31)23-24-33(39)32-19-9-10-20-34(32)41(40)43/h1-26,38,42H. The molecule has 1 aromatic heterocycles. The highest BCUT2D eigenvalue weighted by atomic mass is 15.2. The third-order valence-corrected chi connectivity index (χ3v) is 8.97. The summed E-state index contributed by atoms with van der Waals surface area (Å²) in [5.41, 5.74) is 7.20. The van der Waals surface area contributed by atoms with Crippen molar-refractivity contribution >= 4 is 65.4 Å². The molecule has 0 aliphatic carbocycles. The fraction of sp³-hybridized carbons (Fsp3) is 0.0244. The lowest BCUT2D eigenvalue weighted by molar-refractivity contribution is 0.592. The maximum absolute atomic E-state index is 3.95. The van der Waals surface area contributed by atoms with Crippen LogP contribution < -0.4 is 5.32 Å². The summed E-state index contributed by atoms with van der Waals surface area (Å²) in [6, 6.07) is 52.6. The number of nitrogens with zero attached hydrogens (tertiary/aromatic N) is 1. The Morgan fingerprint density at radius 1 is 0.465 bits per heavy atom. The zero-order chi connectivity index (χ0) is 28.3. The van der Waals surface area contributed by atoms with Crippen molar-refractivity contribution in [2.75, 3.05) is 0 Å². The highest BCUT2D eigenvalue weighted by Gasteiger charge is 2.25. The van der Waals surface area contributed by atoms with Gasteiger partial charge in [0.2, 0.25) is 0 Å². The van der Waals surface area contributed by atoms with Gasteiger partial charge in [0.1, 0.15) is 6.17 Å². The third kappa shape index (κ3) is 3.67. The van der Waals surface area contributed by atoms with Crippen LogP contribution in [0.1, 0.15) is 17.3 Å². The van der Waals surface area contributed by atoms with Crippen LogP contribution in [0.3, 0.4) is 0 Å². The van der Waals surface area contributed by atoms with E-state index in [9.17, 15) is 0 Å². The molecule has 1 N–H and O–H groups in total. The summed E-state index contributed by atoms with van der Waals surface area (Å²) in [6.45, 7) is 0. The minimum absolute atomic E-state index is 0.103. The predicted molar refractivity (Wildman–Crippen MR) is 183 cm³/mol. The molecule has 1 atom stereocenters. The average molecular weight is 549 g/mol. The van der Waals surface area contributed by atoms with Crippen molar-refractivity contribution < 1.29 is 0 Å². The van der Waals surface area contributed by atoms with Gasteiger partial charge in [-0.05, 0) is 56.5 Å². The fourth-order valence-corrected chi connectivity index (χ4v) is 7.11. The Hall–Kier alpha value is -5.60. The Bertz CT molecular complexity index is 2410. The normalized spacial score (nSPS) is 15.2. The molecule has 0 radical (unpaired) electrons. The monoisotopic (exact) mass is 548 g/mol. The van der Waals surface area contributed by atoms with Crippen LogP contribution >= 0.6 is 0 Å². The Kier molecular flexibility index (Phi) is 5.30. The SMILES string of the molecule is C1=C(c2ccccc2)C=C(c2ccccc2)NC1n1c2ccccc2c2c3c4ccccc4ccc3c3ccccc3c21. The second kappa shape index (κ2) is 9.47. The number of hydrogen-bond donors (Lipinski definition) is 1. The van der Waals surface area contributed by atoms with Gasteiger partial charge in [-0.3, -0.25) is 0 Å². The maximum atomic E-state index is 3.95. The molecule has 2 nitrogen and oxygen atoms in total. The number of hydrogen-bond acceptors (Lipinski definition) is 1. The van der Waals surface area contributed by atoms with Gasteiger partial charge in [-0.2, -0.15) is 0 Å². The van der Waals surface area contributed by atoms with Crippen LogP contribution in [0.15, 0.2) is 158 Å². The molecule has 1 aliphatic rings. The van der Waals surface area contributed by atoms with Gasteiger partial charge in [-0.1, -0.05) is 140 Å². The summed E-state index contributed by atoms with van der Waals surface area (Å²) in [4.78, 5) is 0. The number of dihydropyridines is 1. The lowest BCUT2D eigenvalue weighted by Crippen LogP contribution is -2.26. The topological polar surface area (TPSA) is 17.0 Å². The largest absolute Gasteiger partial charge is 0.361 e. The van der Waals surface area contributed by atoms with E-state index in [0.717, 1.165) is 5.70 Å². The molecule has 9 rings (SSSR count). The average Bonchev–Trinajstić information content (AvgIpc) is 3.44. The second-order valence-electron chi connectivity index (χ2n) is 11.4. The molecule has 43 heavy (non-hydrogen) atoms. The van der Waals surface area contributed by atoms with Crippen LogP contribution in [0, 0.1) is 0 Å². The van der Waals surface area contributed by atoms with Crippen LogP contribution in [0.2, 0.25) is 0 Å². The molecule has 1 unspecified atom stereocenters. The summed E-state index contributed by atoms with van der Waals surface area (Å²) in [6.07, 6.45) is 4.57. The molecule has 0 spiro atoms. The fourth-order valence-electron chi connectivity index (χ4n) is 7.11. The number of fused-ring (bicyclic) bond motifs is 10. The van der Waals surface area contributed by atoms with Gasteiger partial charge in [-0.15, -0.1) is 0 Å². The number of benzene rings is 7. The number of rotatable bonds is 3. The van der Waals surface area contributed by atoms with Crippen molar-refractivity contribution in [3.8, 4) is 0 Å². The van der Waals surface area contributed by atoms with Gasteiger partial charge >= 0.3 is 0 Å². The van der Waals surface area contributed by atoms with Crippen molar-refractivity contribution in [2.45, 2.75) is 6.17 Å². The molecule has 0 amide bonds. The van der Waals surface area contributed by atoms with E-state index in [4.69, 9.17) is 0 Å². The highest BCUT2D eigenvalue weighted by molar-refractivity contribution is 6.36. The summed E-state index contributed by atoms with van der Waals surface area (Å²) >= 11 is 0. The highest BCUT2D eigenvalue weighted by Crippen LogP contribution is 2.45. The van der Waals surface area contributed by atoms with Crippen molar-refractivity contribution in [1.29, 1.82) is 0 Å². The first kappa shape index (κ1) is 24.0. The van der Waals surface area contributed by atoms with Crippen molar-refractivity contribution in [2.24, 2.45) is 0 Å². The molecule has 7 aromatic carbocycles. The molecular formula is C41H28N2. The van der Waals surface area contributed by atoms with E-state index in [1.54, 1.807) is 0 Å². The lowest BCUT2D eigenvalue weighted by Gasteiger charge is -2.28. The van der Waals surface area contributed by atoms with Crippen LogP contribution in [0.4, 0.5) is 0 Å². The van der Waals surface area contributed by atoms with Gasteiger partial charge in [0.05, 0.1) is 11.0 Å². The van der Waals surface area contributed by atoms with Gasteiger partial charge < -0.3 is 9.88 Å². The molecule has 0 saturated heterocycles. The van der Waals surface area contributed by atoms with Crippen LogP contribution in [0.25, 0.3) is 65.4 Å². The molecule has 8 aromatic rings. The van der Waals surface area contributed by atoms with Crippen LogP contribution in [-0.4, -0.2) is 4.57 Å². The first-order valence-electron chi connectivity index (χ1n) is 14.9. The smallest absolute Gasteiger partial charge is 0.124 e. The lowest BCUT2D eigenvalue weighted by atomic mass is 9.93. The zero-order valence-corrected chi connectivity index (χ0v) is 23.5. The molecule has 2 heteroatoms. The van der Waals surface area contributed by atoms with Gasteiger partial charge in [0, 0.05) is 27.2 Å². The van der Waals surface area contributed by atoms with Gasteiger partial charge in [-0.25, -0.2) is 0 Å². The van der Waals surface area contributed by atoms with E-state index < -0.39 is 0 Å². The van der Waals surface area contributed by atoms with Crippen molar-refractivity contribution in [3.63, 3.8) is 0 Å². The molecule has 0 fully saturated rings. The van der Waals surface area contributed by atoms with Crippen LogP contribution in [-0.2, 0) is 0 Å². The van der Waals surface area contributed by atoms with Crippen molar-refractivity contribution in [1.82, 2.24) is 9.88 Å². The Balaban J connectivity index is 1.43. The van der Waals surface area contributed by atoms with E-state index >= 15 is 0 Å². The van der Waals surface area contributed by atoms with E-state index in [1.807, 2.05) is 0 Å². The molecule has 202 valence electrons. The number of nitrogens with one attached hydrogen (secondary N) is 1. The second-order valence-corrected chi connectivity index (χ2v) is 11.4. The van der Waals surface area contributed by atoms with Gasteiger partial charge in [0.15, 0.2) is 0 Å². The van der Waals surface area contributed by atoms with E-state index in [2.05, 4.69) is 168 Å². The minimum Gasteiger partial charge on any atom is -0.361 e. The van der Waals surface area contributed by atoms with Crippen molar-refractivity contribution in [3.05, 3.63) is 169 Å². The zero-order valence-electron chi connectivity index (χ0n) is 23.5. The molecule has 0 bridgehead atoms. The third-order valence-electron chi connectivity index (χ3n) is 8.97. The first-order valence-corrected chi connectivity index (χ1v) is 14.9. The summed E-state index contributed by atoms with van der Waals surface area (Å²) in [7, 11) is 0. The van der Waals surface area contributed by atoms with Crippen LogP contribution in [0.5, 0.6) is 0 Å². The number of para-hydroxylation sites is 1. The van der Waals surface area contributed by atoms with Gasteiger partial charge in [0.25, 0.3) is 0 Å². The Morgan fingerprint density at radius 2 is 1.09 bits per heavy atom. The van der Waals surface area contributed by atoms with E-state index in [1.165, 1.54) is 70.8 Å². The predicted octanol–water partition coefficient (Wildman–Crippen LogP) is 10.5. The Labute approximate surface area is 249 Å². The molecule has 0 saturated carbocycles. The quantitative estimate of drug-likeness (QED) is 0.217. The summed E-state index contributed by atoms with van der Waals surface area (Å²) < 4.78 is 2.53. The number of allylic oxidation sites excluding steroid dienone is 2. The van der Waals surface area contributed by atoms with E-state index in [-0.39, 0.29) is 6.17 Å². The number of aromatic nitrogens is 1. The van der Waals surface area contributed by atoms with E-state index in [0.29, 0.717) is 0 Å². The molecule has 2 heterocycles. The summed E-state index contributed by atoms with van der Waals surface area (Å²) in [5, 5.41) is 14.3. The summed E-state index contributed by atoms with van der Waals surface area (Å²) in [5.74, 6) is 0. The Morgan fingerprint density at radius 3 is 1.88 bits per heavy atom. The molecular weight excluding hydrogens is 520 g/mol. The maximum Gasteiger partial charge on any atom is 0.124 e. The minimum atomic E-state index is -0.103. The molecule has 1 aliphatic heterocycles.